The fraction of sp³-hybridized carbons (Fsp3) is 0.923. The van der Waals surface area contributed by atoms with Gasteiger partial charge in [-0.2, -0.15) is 0 Å². The van der Waals surface area contributed by atoms with Gasteiger partial charge in [-0.25, -0.2) is 4.79 Å². The third-order valence-corrected chi connectivity index (χ3v) is 8.91. The molecule has 0 spiro atoms. The summed E-state index contributed by atoms with van der Waals surface area (Å²) in [4.78, 5) is 10.9. The zero-order valence-corrected chi connectivity index (χ0v) is 28.3. The molecule has 0 N–H and O–H groups in total. The van der Waals surface area contributed by atoms with Crippen LogP contribution < -0.4 is 0 Å². The van der Waals surface area contributed by atoms with Crippen molar-refractivity contribution < 1.29 is 9.53 Å². The average Bonchev–Trinajstić information content (AvgIpc) is 2.99. The molecule has 0 bridgehead atoms. The molecule has 0 aliphatic heterocycles. The van der Waals surface area contributed by atoms with Crippen LogP contribution in [0.3, 0.4) is 0 Å². The Morgan fingerprint density at radius 3 is 0.780 bits per heavy atom. The minimum atomic E-state index is -0.295. The Morgan fingerprint density at radius 1 is 0.390 bits per heavy atom. The normalized spacial score (nSPS) is 11.2. The van der Waals surface area contributed by atoms with E-state index in [1.165, 1.54) is 218 Å². The molecule has 0 saturated heterocycles. The first-order chi connectivity index (χ1) is 20.3. The van der Waals surface area contributed by atoms with Gasteiger partial charge >= 0.3 is 5.97 Å². The van der Waals surface area contributed by atoms with Gasteiger partial charge in [0.25, 0.3) is 0 Å². The van der Waals surface area contributed by atoms with Crippen molar-refractivity contribution in [3.63, 3.8) is 0 Å². The van der Waals surface area contributed by atoms with Crippen molar-refractivity contribution in [2.45, 2.75) is 225 Å². The monoisotopic (exact) mass is 577 g/mol. The van der Waals surface area contributed by atoms with Gasteiger partial charge in [0, 0.05) is 6.08 Å². The van der Waals surface area contributed by atoms with Crippen molar-refractivity contribution in [3.05, 3.63) is 12.7 Å². The summed E-state index contributed by atoms with van der Waals surface area (Å²) in [5.74, 6) is -0.295. The lowest BCUT2D eigenvalue weighted by molar-refractivity contribution is -0.137. The standard InChI is InChI=1S/C39H76O2/c1-3-5-6-7-8-9-10-11-12-13-14-15-16-17-18-19-20-21-22-23-24-25-26-27-28-29-30-31-32-33-34-35-36-37-38-41-39(40)4-2/h4H,2-3,5-38H2,1H3. The number of unbranched alkanes of at least 4 members (excludes halogenated alkanes) is 33. The van der Waals surface area contributed by atoms with Gasteiger partial charge < -0.3 is 4.74 Å². The number of hydrogen-bond acceptors (Lipinski definition) is 2. The van der Waals surface area contributed by atoms with Gasteiger partial charge in [0.05, 0.1) is 6.61 Å². The summed E-state index contributed by atoms with van der Waals surface area (Å²) in [6.07, 6.45) is 49.7. The molecule has 2 nitrogen and oxygen atoms in total. The minimum absolute atomic E-state index is 0.295. The first-order valence-electron chi connectivity index (χ1n) is 19.1. The molecule has 0 fully saturated rings. The second-order valence-electron chi connectivity index (χ2n) is 13.0. The van der Waals surface area contributed by atoms with Crippen LogP contribution in [0.4, 0.5) is 0 Å². The van der Waals surface area contributed by atoms with Crippen LogP contribution in [0, 0.1) is 0 Å². The molecular formula is C39H76O2. The third-order valence-electron chi connectivity index (χ3n) is 8.91. The molecule has 0 atom stereocenters. The Balaban J connectivity index is 3.04. The summed E-state index contributed by atoms with van der Waals surface area (Å²) in [6, 6.07) is 0. The molecule has 0 rings (SSSR count). The van der Waals surface area contributed by atoms with Gasteiger partial charge in [-0.15, -0.1) is 0 Å². The lowest BCUT2D eigenvalue weighted by atomic mass is 10.0. The largest absolute Gasteiger partial charge is 0.463 e. The molecule has 244 valence electrons. The summed E-state index contributed by atoms with van der Waals surface area (Å²) in [5.41, 5.74) is 0. The van der Waals surface area contributed by atoms with Crippen LogP contribution >= 0.6 is 0 Å². The highest BCUT2D eigenvalue weighted by atomic mass is 16.5. The molecule has 0 aromatic carbocycles. The van der Waals surface area contributed by atoms with Crippen molar-refractivity contribution in [2.75, 3.05) is 6.61 Å². The van der Waals surface area contributed by atoms with Crippen molar-refractivity contribution in [2.24, 2.45) is 0 Å². The Morgan fingerprint density at radius 2 is 0.585 bits per heavy atom. The van der Waals surface area contributed by atoms with Crippen LogP contribution in [0.1, 0.15) is 225 Å². The summed E-state index contributed by atoms with van der Waals surface area (Å²) in [5, 5.41) is 0. The Labute approximate surface area is 259 Å². The second kappa shape index (κ2) is 37.2. The Kier molecular flexibility index (Phi) is 36.5. The molecule has 0 aliphatic carbocycles. The summed E-state index contributed by atoms with van der Waals surface area (Å²) >= 11 is 0. The molecule has 0 aromatic rings. The van der Waals surface area contributed by atoms with E-state index in [4.69, 9.17) is 4.74 Å². The summed E-state index contributed by atoms with van der Waals surface area (Å²) in [6.45, 7) is 6.26. The number of rotatable bonds is 36. The van der Waals surface area contributed by atoms with Crippen molar-refractivity contribution in [1.82, 2.24) is 0 Å². The fourth-order valence-electron chi connectivity index (χ4n) is 6.06. The van der Waals surface area contributed by atoms with Crippen LogP contribution in [0.15, 0.2) is 12.7 Å². The van der Waals surface area contributed by atoms with E-state index in [2.05, 4.69) is 13.5 Å². The Bertz CT molecular complexity index is 500. The van der Waals surface area contributed by atoms with E-state index < -0.39 is 0 Å². The molecule has 0 unspecified atom stereocenters. The van der Waals surface area contributed by atoms with Crippen LogP contribution in [-0.2, 0) is 9.53 Å². The molecule has 0 aromatic heterocycles. The number of hydrogen-bond donors (Lipinski definition) is 0. The fourth-order valence-corrected chi connectivity index (χ4v) is 6.06. The quantitative estimate of drug-likeness (QED) is 0.0421. The second-order valence-corrected chi connectivity index (χ2v) is 13.0. The number of carbonyl (C=O) groups excluding carboxylic acids is 1. The van der Waals surface area contributed by atoms with Crippen LogP contribution in [-0.4, -0.2) is 12.6 Å². The highest BCUT2D eigenvalue weighted by Crippen LogP contribution is 2.17. The van der Waals surface area contributed by atoms with Gasteiger partial charge in [0.1, 0.15) is 0 Å². The zero-order chi connectivity index (χ0) is 29.7. The molecule has 41 heavy (non-hydrogen) atoms. The summed E-state index contributed by atoms with van der Waals surface area (Å²) in [7, 11) is 0. The summed E-state index contributed by atoms with van der Waals surface area (Å²) < 4.78 is 5.00. The highest BCUT2D eigenvalue weighted by Gasteiger charge is 1.98. The lowest BCUT2D eigenvalue weighted by Gasteiger charge is -2.05. The van der Waals surface area contributed by atoms with E-state index in [-0.39, 0.29) is 5.97 Å². The van der Waals surface area contributed by atoms with Gasteiger partial charge in [-0.1, -0.05) is 225 Å². The van der Waals surface area contributed by atoms with Crippen LogP contribution in [0.25, 0.3) is 0 Å². The van der Waals surface area contributed by atoms with E-state index in [1.807, 2.05) is 0 Å². The maximum Gasteiger partial charge on any atom is 0.330 e. The van der Waals surface area contributed by atoms with E-state index >= 15 is 0 Å². The predicted molar refractivity (Wildman–Crippen MR) is 184 cm³/mol. The number of ether oxygens (including phenoxy) is 1. The van der Waals surface area contributed by atoms with E-state index in [9.17, 15) is 4.79 Å². The van der Waals surface area contributed by atoms with Crippen LogP contribution in [0.2, 0.25) is 0 Å². The first kappa shape index (κ1) is 40.2. The number of esters is 1. The zero-order valence-electron chi connectivity index (χ0n) is 28.3. The van der Waals surface area contributed by atoms with E-state index in [1.54, 1.807) is 0 Å². The Hall–Kier alpha value is -0.790. The number of carbonyl (C=O) groups is 1. The molecule has 0 saturated carbocycles. The van der Waals surface area contributed by atoms with Gasteiger partial charge in [-0.05, 0) is 6.42 Å². The smallest absolute Gasteiger partial charge is 0.330 e. The molecule has 0 aliphatic rings. The lowest BCUT2D eigenvalue weighted by Crippen LogP contribution is -2.01. The van der Waals surface area contributed by atoms with E-state index in [0.717, 1.165) is 6.42 Å². The highest BCUT2D eigenvalue weighted by molar-refractivity contribution is 5.81. The maximum absolute atomic E-state index is 10.9. The minimum Gasteiger partial charge on any atom is -0.463 e. The van der Waals surface area contributed by atoms with Crippen molar-refractivity contribution in [1.29, 1.82) is 0 Å². The average molecular weight is 577 g/mol. The van der Waals surface area contributed by atoms with Gasteiger partial charge in [0.2, 0.25) is 0 Å². The first-order valence-corrected chi connectivity index (χ1v) is 19.1. The topological polar surface area (TPSA) is 26.3 Å². The molecule has 0 heterocycles. The SMILES string of the molecule is C=CC(=O)OCCCCCCCCCCCCCCCCCCCCCCCCCCCCCCCCCCCC. The molecular weight excluding hydrogens is 500 g/mol. The molecule has 2 heteroatoms. The third kappa shape index (κ3) is 37.2. The van der Waals surface area contributed by atoms with Gasteiger partial charge in [-0.3, -0.25) is 0 Å². The molecule has 0 amide bonds. The predicted octanol–water partition coefficient (Wildman–Crippen LogP) is 14.0. The molecule has 0 radical (unpaired) electrons. The van der Waals surface area contributed by atoms with E-state index in [0.29, 0.717) is 6.61 Å². The van der Waals surface area contributed by atoms with Crippen molar-refractivity contribution >= 4 is 5.97 Å². The van der Waals surface area contributed by atoms with Crippen LogP contribution in [0.5, 0.6) is 0 Å². The maximum atomic E-state index is 10.9. The van der Waals surface area contributed by atoms with Gasteiger partial charge in [0.15, 0.2) is 0 Å². The van der Waals surface area contributed by atoms with Crippen molar-refractivity contribution in [3.8, 4) is 0 Å².